The molecule has 0 spiro atoms. The number of piperazine rings is 1. The van der Waals surface area contributed by atoms with Gasteiger partial charge in [0.1, 0.15) is 5.69 Å². The predicted octanol–water partition coefficient (Wildman–Crippen LogP) is 2.21. The highest BCUT2D eigenvalue weighted by Crippen LogP contribution is 2.15. The zero-order chi connectivity index (χ0) is 17.7. The molecule has 0 aromatic carbocycles. The van der Waals surface area contributed by atoms with Crippen LogP contribution in [0.1, 0.15) is 38.2 Å². The Morgan fingerprint density at radius 3 is 2.29 bits per heavy atom. The second-order valence-corrected chi connectivity index (χ2v) is 6.79. The summed E-state index contributed by atoms with van der Waals surface area (Å²) in [6.45, 7) is 10.3. The van der Waals surface area contributed by atoms with E-state index >= 15 is 0 Å². The highest BCUT2D eigenvalue weighted by atomic mass is 16.6. The second kappa shape index (κ2) is 7.51. The minimum Gasteiger partial charge on any atom is -0.450 e. The maximum atomic E-state index is 12.5. The molecular formula is C17H26N4O3. The zero-order valence-electron chi connectivity index (χ0n) is 14.8. The summed E-state index contributed by atoms with van der Waals surface area (Å²) in [5, 5.41) is 3.31. The lowest BCUT2D eigenvalue weighted by Crippen LogP contribution is -2.50. The van der Waals surface area contributed by atoms with Gasteiger partial charge in [-0.25, -0.2) is 9.78 Å². The normalized spacial score (nSPS) is 15.2. The van der Waals surface area contributed by atoms with Crippen molar-refractivity contribution >= 4 is 17.7 Å². The van der Waals surface area contributed by atoms with Gasteiger partial charge in [-0.05, 0) is 39.8 Å². The Labute approximate surface area is 143 Å². The van der Waals surface area contributed by atoms with Crippen LogP contribution in [0.4, 0.5) is 10.5 Å². The van der Waals surface area contributed by atoms with Crippen LogP contribution in [-0.2, 0) is 4.74 Å². The first-order valence-corrected chi connectivity index (χ1v) is 8.25. The zero-order valence-corrected chi connectivity index (χ0v) is 14.8. The first kappa shape index (κ1) is 18.0. The Bertz CT molecular complexity index is 572. The average molecular weight is 334 g/mol. The minimum atomic E-state index is -0.319. The van der Waals surface area contributed by atoms with E-state index in [-0.39, 0.29) is 17.5 Å². The summed E-state index contributed by atoms with van der Waals surface area (Å²) >= 11 is 0. The molecule has 7 heteroatoms. The molecule has 7 nitrogen and oxygen atoms in total. The van der Waals surface area contributed by atoms with Crippen molar-refractivity contribution < 1.29 is 14.3 Å². The van der Waals surface area contributed by atoms with Gasteiger partial charge in [-0.3, -0.25) is 4.79 Å². The quantitative estimate of drug-likeness (QED) is 0.917. The standard InChI is InChI=1S/C17H26N4O3/c1-5-24-16(23)21-10-8-20(9-11-21)15(22)14-7-6-13(12-18-14)19-17(2,3)4/h6-7,12,19H,5,8-11H2,1-4H3. The molecule has 0 saturated carbocycles. The third kappa shape index (κ3) is 4.84. The van der Waals surface area contributed by atoms with Gasteiger partial charge in [-0.15, -0.1) is 0 Å². The van der Waals surface area contributed by atoms with Crippen LogP contribution in [0.3, 0.4) is 0 Å². The molecule has 1 aromatic rings. The van der Waals surface area contributed by atoms with Gasteiger partial charge in [-0.2, -0.15) is 0 Å². The van der Waals surface area contributed by atoms with Crippen molar-refractivity contribution in [2.75, 3.05) is 38.1 Å². The van der Waals surface area contributed by atoms with Crippen LogP contribution in [0.2, 0.25) is 0 Å². The molecule has 1 fully saturated rings. The maximum absolute atomic E-state index is 12.5. The van der Waals surface area contributed by atoms with E-state index in [0.29, 0.717) is 38.5 Å². The fraction of sp³-hybridized carbons (Fsp3) is 0.588. The van der Waals surface area contributed by atoms with Crippen molar-refractivity contribution in [2.45, 2.75) is 33.2 Å². The third-order valence-electron chi connectivity index (χ3n) is 3.59. The van der Waals surface area contributed by atoms with E-state index in [0.717, 1.165) is 5.69 Å². The number of nitrogens with one attached hydrogen (secondary N) is 1. The molecule has 1 aliphatic rings. The fourth-order valence-corrected chi connectivity index (χ4v) is 2.50. The lowest BCUT2D eigenvalue weighted by Gasteiger charge is -2.33. The highest BCUT2D eigenvalue weighted by Gasteiger charge is 2.26. The van der Waals surface area contributed by atoms with E-state index in [9.17, 15) is 9.59 Å². The summed E-state index contributed by atoms with van der Waals surface area (Å²) in [6, 6.07) is 3.59. The summed E-state index contributed by atoms with van der Waals surface area (Å²) in [5.74, 6) is -0.110. The molecule has 132 valence electrons. The molecule has 0 atom stereocenters. The fourth-order valence-electron chi connectivity index (χ4n) is 2.50. The average Bonchev–Trinajstić information content (AvgIpc) is 2.54. The Morgan fingerprint density at radius 1 is 1.17 bits per heavy atom. The molecule has 0 unspecified atom stereocenters. The molecule has 1 saturated heterocycles. The highest BCUT2D eigenvalue weighted by molar-refractivity contribution is 5.92. The molecular weight excluding hydrogens is 308 g/mol. The van der Waals surface area contributed by atoms with E-state index in [1.165, 1.54) is 0 Å². The smallest absolute Gasteiger partial charge is 0.409 e. The first-order chi connectivity index (χ1) is 11.3. The summed E-state index contributed by atoms with van der Waals surface area (Å²) in [7, 11) is 0. The van der Waals surface area contributed by atoms with Gasteiger partial charge in [0, 0.05) is 31.7 Å². The number of hydrogen-bond donors (Lipinski definition) is 1. The van der Waals surface area contributed by atoms with Crippen LogP contribution in [0, 0.1) is 0 Å². The third-order valence-corrected chi connectivity index (χ3v) is 3.59. The van der Waals surface area contributed by atoms with Crippen molar-refractivity contribution in [1.29, 1.82) is 0 Å². The predicted molar refractivity (Wildman–Crippen MR) is 92.1 cm³/mol. The number of carbonyl (C=O) groups is 2. The lowest BCUT2D eigenvalue weighted by atomic mass is 10.1. The lowest BCUT2D eigenvalue weighted by molar-refractivity contribution is 0.0566. The van der Waals surface area contributed by atoms with Gasteiger partial charge in [0.25, 0.3) is 5.91 Å². The Morgan fingerprint density at radius 2 is 1.79 bits per heavy atom. The number of pyridine rings is 1. The Kier molecular flexibility index (Phi) is 5.64. The van der Waals surface area contributed by atoms with E-state index in [1.807, 2.05) is 6.07 Å². The number of amides is 2. The van der Waals surface area contributed by atoms with Gasteiger partial charge in [0.2, 0.25) is 0 Å². The molecule has 2 rings (SSSR count). The molecule has 1 aliphatic heterocycles. The molecule has 0 radical (unpaired) electrons. The van der Waals surface area contributed by atoms with Gasteiger partial charge in [0.05, 0.1) is 18.5 Å². The van der Waals surface area contributed by atoms with Crippen LogP contribution < -0.4 is 5.32 Å². The second-order valence-electron chi connectivity index (χ2n) is 6.79. The van der Waals surface area contributed by atoms with Crippen LogP contribution in [-0.4, -0.2) is 65.1 Å². The molecule has 0 aliphatic carbocycles. The molecule has 1 N–H and O–H groups in total. The van der Waals surface area contributed by atoms with Gasteiger partial charge in [-0.1, -0.05) is 0 Å². The van der Waals surface area contributed by atoms with Crippen LogP contribution in [0.5, 0.6) is 0 Å². The Balaban J connectivity index is 1.92. The van der Waals surface area contributed by atoms with Crippen LogP contribution in [0.25, 0.3) is 0 Å². The number of rotatable bonds is 3. The number of ether oxygens (including phenoxy) is 1. The number of nitrogens with zero attached hydrogens (tertiary/aromatic N) is 3. The van der Waals surface area contributed by atoms with E-state index in [2.05, 4.69) is 31.1 Å². The summed E-state index contributed by atoms with van der Waals surface area (Å²) in [4.78, 5) is 31.8. The SMILES string of the molecule is CCOC(=O)N1CCN(C(=O)c2ccc(NC(C)(C)C)cn2)CC1. The molecule has 24 heavy (non-hydrogen) atoms. The largest absolute Gasteiger partial charge is 0.450 e. The van der Waals surface area contributed by atoms with Crippen molar-refractivity contribution in [1.82, 2.24) is 14.8 Å². The van der Waals surface area contributed by atoms with Crippen molar-refractivity contribution in [2.24, 2.45) is 0 Å². The summed E-state index contributed by atoms with van der Waals surface area (Å²) < 4.78 is 4.98. The summed E-state index contributed by atoms with van der Waals surface area (Å²) in [6.07, 6.45) is 1.35. The van der Waals surface area contributed by atoms with Crippen molar-refractivity contribution in [3.8, 4) is 0 Å². The van der Waals surface area contributed by atoms with Crippen LogP contribution >= 0.6 is 0 Å². The molecule has 2 heterocycles. The summed E-state index contributed by atoms with van der Waals surface area (Å²) in [5.41, 5.74) is 1.24. The monoisotopic (exact) mass is 334 g/mol. The van der Waals surface area contributed by atoms with E-state index < -0.39 is 0 Å². The number of anilines is 1. The molecule has 0 bridgehead atoms. The van der Waals surface area contributed by atoms with E-state index in [4.69, 9.17) is 4.74 Å². The van der Waals surface area contributed by atoms with Crippen molar-refractivity contribution in [3.63, 3.8) is 0 Å². The van der Waals surface area contributed by atoms with Gasteiger partial charge in [0.15, 0.2) is 0 Å². The maximum Gasteiger partial charge on any atom is 0.409 e. The van der Waals surface area contributed by atoms with Gasteiger partial charge >= 0.3 is 6.09 Å². The van der Waals surface area contributed by atoms with E-state index in [1.54, 1.807) is 29.0 Å². The first-order valence-electron chi connectivity index (χ1n) is 8.25. The number of carbonyl (C=O) groups excluding carboxylic acids is 2. The number of aromatic nitrogens is 1. The van der Waals surface area contributed by atoms with Crippen molar-refractivity contribution in [3.05, 3.63) is 24.0 Å². The molecule has 2 amide bonds. The van der Waals surface area contributed by atoms with Gasteiger partial charge < -0.3 is 19.9 Å². The molecule has 1 aromatic heterocycles. The minimum absolute atomic E-state index is 0.0589. The van der Waals surface area contributed by atoms with Crippen LogP contribution in [0.15, 0.2) is 18.3 Å². The number of hydrogen-bond acceptors (Lipinski definition) is 5. The Hall–Kier alpha value is -2.31. The topological polar surface area (TPSA) is 74.8 Å².